The van der Waals surface area contributed by atoms with E-state index in [2.05, 4.69) is 5.32 Å². The first-order chi connectivity index (χ1) is 8.53. The summed E-state index contributed by atoms with van der Waals surface area (Å²) in [5.41, 5.74) is -1.26. The minimum absolute atomic E-state index is 0.305. The van der Waals surface area contributed by atoms with Crippen molar-refractivity contribution in [1.82, 2.24) is 0 Å². The minimum atomic E-state index is -1.00. The number of nitrogens with zero attached hydrogens (tertiary/aromatic N) is 3. The molecule has 0 saturated heterocycles. The van der Waals surface area contributed by atoms with Gasteiger partial charge in [-0.05, 0) is 6.07 Å². The molecule has 1 aromatic rings. The standard InChI is InChI=1S/C11H3ClF2N4/c12-7-1-10(9(14)2-8(7)13)18-11(5-17)6(3-15)4-16/h1-2,18H. The fourth-order valence-electron chi connectivity index (χ4n) is 1.04. The summed E-state index contributed by atoms with van der Waals surface area (Å²) < 4.78 is 26.2. The number of allylic oxidation sites excluding steroid dienone is 2. The zero-order valence-electron chi connectivity index (χ0n) is 8.63. The van der Waals surface area contributed by atoms with Crippen molar-refractivity contribution in [1.29, 1.82) is 15.8 Å². The van der Waals surface area contributed by atoms with E-state index < -0.39 is 22.9 Å². The summed E-state index contributed by atoms with van der Waals surface area (Å²) in [7, 11) is 0. The van der Waals surface area contributed by atoms with Crippen LogP contribution in [0.2, 0.25) is 5.02 Å². The van der Waals surface area contributed by atoms with Gasteiger partial charge in [-0.1, -0.05) is 11.6 Å². The van der Waals surface area contributed by atoms with Crippen molar-refractivity contribution in [3.8, 4) is 18.2 Å². The fraction of sp³-hybridized carbons (Fsp3) is 0. The number of nitrogens with one attached hydrogen (secondary N) is 1. The number of halogens is 3. The normalized spacial score (nSPS) is 8.67. The Bertz CT molecular complexity index is 631. The Labute approximate surface area is 106 Å². The van der Waals surface area contributed by atoms with E-state index in [9.17, 15) is 8.78 Å². The third-order valence-corrected chi connectivity index (χ3v) is 2.14. The maximum atomic E-state index is 13.3. The van der Waals surface area contributed by atoms with Crippen LogP contribution in [0.15, 0.2) is 23.4 Å². The lowest BCUT2D eigenvalue weighted by Crippen LogP contribution is -2.03. The van der Waals surface area contributed by atoms with Gasteiger partial charge in [0, 0.05) is 6.07 Å². The molecular weight excluding hydrogens is 262 g/mol. The molecule has 0 unspecified atom stereocenters. The van der Waals surface area contributed by atoms with Crippen LogP contribution in [0.5, 0.6) is 0 Å². The smallest absolute Gasteiger partial charge is 0.163 e. The zero-order valence-corrected chi connectivity index (χ0v) is 9.39. The highest BCUT2D eigenvalue weighted by Gasteiger charge is 2.12. The van der Waals surface area contributed by atoms with E-state index in [1.165, 1.54) is 18.2 Å². The maximum Gasteiger partial charge on any atom is 0.163 e. The summed E-state index contributed by atoms with van der Waals surface area (Å²) in [5.74, 6) is -1.96. The lowest BCUT2D eigenvalue weighted by molar-refractivity contribution is 0.586. The van der Waals surface area contributed by atoms with Crippen molar-refractivity contribution < 1.29 is 8.78 Å². The molecule has 0 amide bonds. The number of rotatable bonds is 2. The monoisotopic (exact) mass is 264 g/mol. The third kappa shape index (κ3) is 2.74. The summed E-state index contributed by atoms with van der Waals surface area (Å²) in [6.07, 6.45) is 0. The molecule has 0 radical (unpaired) electrons. The predicted molar refractivity (Wildman–Crippen MR) is 58.9 cm³/mol. The van der Waals surface area contributed by atoms with Crippen molar-refractivity contribution >= 4 is 17.3 Å². The summed E-state index contributed by atoms with van der Waals surface area (Å²) in [6.45, 7) is 0. The second kappa shape index (κ2) is 5.63. The van der Waals surface area contributed by atoms with Gasteiger partial charge in [-0.3, -0.25) is 0 Å². The molecule has 0 aliphatic rings. The molecule has 4 nitrogen and oxygen atoms in total. The lowest BCUT2D eigenvalue weighted by atomic mass is 10.2. The zero-order chi connectivity index (χ0) is 13.7. The van der Waals surface area contributed by atoms with Crippen molar-refractivity contribution in [3.63, 3.8) is 0 Å². The largest absolute Gasteiger partial charge is 0.343 e. The average molecular weight is 265 g/mol. The Morgan fingerprint density at radius 3 is 2.17 bits per heavy atom. The third-order valence-electron chi connectivity index (χ3n) is 1.86. The van der Waals surface area contributed by atoms with Crippen molar-refractivity contribution in [2.45, 2.75) is 0 Å². The molecule has 0 aliphatic carbocycles. The average Bonchev–Trinajstić information content (AvgIpc) is 2.35. The second-order valence-electron chi connectivity index (χ2n) is 2.96. The van der Waals surface area contributed by atoms with Gasteiger partial charge in [0.2, 0.25) is 0 Å². The SMILES string of the molecule is N#CC(C#N)=C(C#N)Nc1cc(Cl)c(F)cc1F. The van der Waals surface area contributed by atoms with E-state index in [4.69, 9.17) is 27.4 Å². The maximum absolute atomic E-state index is 13.3. The Hall–Kier alpha value is -2.62. The van der Waals surface area contributed by atoms with Crippen LogP contribution in [0.3, 0.4) is 0 Å². The molecule has 0 spiro atoms. The highest BCUT2D eigenvalue weighted by Crippen LogP contribution is 2.24. The molecule has 1 rings (SSSR count). The highest BCUT2D eigenvalue weighted by molar-refractivity contribution is 6.31. The van der Waals surface area contributed by atoms with E-state index in [1.54, 1.807) is 0 Å². The molecule has 0 aliphatic heterocycles. The quantitative estimate of drug-likeness (QED) is 0.657. The van der Waals surface area contributed by atoms with Crippen LogP contribution in [-0.4, -0.2) is 0 Å². The van der Waals surface area contributed by atoms with Gasteiger partial charge >= 0.3 is 0 Å². The molecule has 1 aromatic carbocycles. The van der Waals surface area contributed by atoms with E-state index >= 15 is 0 Å². The number of benzene rings is 1. The number of hydrogen-bond donors (Lipinski definition) is 1. The van der Waals surface area contributed by atoms with E-state index in [-0.39, 0.29) is 10.7 Å². The van der Waals surface area contributed by atoms with Crippen LogP contribution in [0.1, 0.15) is 0 Å². The Balaban J connectivity index is 3.26. The van der Waals surface area contributed by atoms with Crippen LogP contribution < -0.4 is 5.32 Å². The molecule has 88 valence electrons. The van der Waals surface area contributed by atoms with Gasteiger partial charge in [0.25, 0.3) is 0 Å². The molecule has 7 heteroatoms. The van der Waals surface area contributed by atoms with Gasteiger partial charge in [0.05, 0.1) is 10.7 Å². The number of hydrogen-bond acceptors (Lipinski definition) is 4. The number of anilines is 1. The Morgan fingerprint density at radius 1 is 1.06 bits per heavy atom. The topological polar surface area (TPSA) is 83.4 Å². The van der Waals surface area contributed by atoms with Crippen molar-refractivity contribution in [2.75, 3.05) is 5.32 Å². The summed E-state index contributed by atoms with van der Waals surface area (Å²) >= 11 is 5.45. The molecule has 0 aromatic heterocycles. The molecule has 0 fully saturated rings. The van der Waals surface area contributed by atoms with E-state index in [1.807, 2.05) is 0 Å². The van der Waals surface area contributed by atoms with Crippen molar-refractivity contribution in [2.24, 2.45) is 0 Å². The summed E-state index contributed by atoms with van der Waals surface area (Å²) in [5, 5.41) is 27.7. The van der Waals surface area contributed by atoms with Gasteiger partial charge < -0.3 is 5.32 Å². The van der Waals surface area contributed by atoms with Crippen LogP contribution >= 0.6 is 11.6 Å². The first kappa shape index (κ1) is 13.4. The summed E-state index contributed by atoms with van der Waals surface area (Å²) in [4.78, 5) is 0. The molecular formula is C11H3ClF2N4. The van der Waals surface area contributed by atoms with Gasteiger partial charge in [0.15, 0.2) is 5.57 Å². The Kier molecular flexibility index (Phi) is 4.21. The van der Waals surface area contributed by atoms with Gasteiger partial charge in [0.1, 0.15) is 35.5 Å². The van der Waals surface area contributed by atoms with Crippen LogP contribution in [-0.2, 0) is 0 Å². The Morgan fingerprint density at radius 2 is 1.67 bits per heavy atom. The van der Waals surface area contributed by atoms with Crippen molar-refractivity contribution in [3.05, 3.63) is 40.1 Å². The van der Waals surface area contributed by atoms with Crippen LogP contribution in [0.25, 0.3) is 0 Å². The fourth-order valence-corrected chi connectivity index (χ4v) is 1.20. The molecule has 18 heavy (non-hydrogen) atoms. The number of nitriles is 3. The summed E-state index contributed by atoms with van der Waals surface area (Å²) in [6, 6.07) is 5.92. The minimum Gasteiger partial charge on any atom is -0.343 e. The molecule has 0 saturated carbocycles. The van der Waals surface area contributed by atoms with Gasteiger partial charge in [-0.25, -0.2) is 8.78 Å². The molecule has 0 heterocycles. The molecule has 0 atom stereocenters. The van der Waals surface area contributed by atoms with Gasteiger partial charge in [-0.15, -0.1) is 0 Å². The predicted octanol–water partition coefficient (Wildman–Crippen LogP) is 2.85. The molecule has 1 N–H and O–H groups in total. The molecule has 0 bridgehead atoms. The van der Waals surface area contributed by atoms with Crippen LogP contribution in [0, 0.1) is 45.6 Å². The van der Waals surface area contributed by atoms with E-state index in [0.29, 0.717) is 6.07 Å². The second-order valence-corrected chi connectivity index (χ2v) is 3.36. The highest BCUT2D eigenvalue weighted by atomic mass is 35.5. The van der Waals surface area contributed by atoms with E-state index in [0.717, 1.165) is 6.07 Å². The first-order valence-electron chi connectivity index (χ1n) is 4.39. The first-order valence-corrected chi connectivity index (χ1v) is 4.77. The van der Waals surface area contributed by atoms with Gasteiger partial charge in [-0.2, -0.15) is 15.8 Å². The van der Waals surface area contributed by atoms with Crippen LogP contribution in [0.4, 0.5) is 14.5 Å². The lowest BCUT2D eigenvalue weighted by Gasteiger charge is -2.06.